The molecule has 0 spiro atoms. The molecule has 1 aromatic heterocycles. The van der Waals surface area contributed by atoms with E-state index in [9.17, 15) is 8.78 Å². The largest absolute Gasteiger partial charge is 0.305 e. The van der Waals surface area contributed by atoms with Gasteiger partial charge in [0.1, 0.15) is 0 Å². The van der Waals surface area contributed by atoms with Crippen LogP contribution in [0.3, 0.4) is 0 Å². The summed E-state index contributed by atoms with van der Waals surface area (Å²) in [5.74, 6) is -1.55. The van der Waals surface area contributed by atoms with E-state index < -0.39 is 11.6 Å². The normalized spacial score (nSPS) is 12.6. The van der Waals surface area contributed by atoms with Gasteiger partial charge < -0.3 is 5.32 Å². The van der Waals surface area contributed by atoms with Crippen LogP contribution < -0.4 is 5.32 Å². The van der Waals surface area contributed by atoms with Crippen LogP contribution in [0.4, 0.5) is 8.78 Å². The fourth-order valence-electron chi connectivity index (χ4n) is 1.85. The summed E-state index contributed by atoms with van der Waals surface area (Å²) in [7, 11) is 0. The predicted molar refractivity (Wildman–Crippen MR) is 70.5 cm³/mol. The Labute approximate surface area is 109 Å². The minimum atomic E-state index is -0.793. The number of rotatable bonds is 5. The molecule has 0 aliphatic heterocycles. The molecule has 2 rings (SSSR count). The Morgan fingerprint density at radius 2 is 2.06 bits per heavy atom. The molecule has 1 nitrogen and oxygen atoms in total. The number of thiophene rings is 1. The lowest BCUT2D eigenvalue weighted by Gasteiger charge is -2.15. The van der Waals surface area contributed by atoms with Gasteiger partial charge in [0.15, 0.2) is 11.6 Å². The minimum absolute atomic E-state index is 0.188. The third-order valence-corrected chi connectivity index (χ3v) is 3.85. The quantitative estimate of drug-likeness (QED) is 0.853. The Morgan fingerprint density at radius 1 is 1.22 bits per heavy atom. The average Bonchev–Trinajstić information content (AvgIpc) is 2.89. The molecule has 0 fully saturated rings. The van der Waals surface area contributed by atoms with E-state index in [4.69, 9.17) is 0 Å². The first-order chi connectivity index (χ1) is 8.72. The van der Waals surface area contributed by atoms with Gasteiger partial charge >= 0.3 is 0 Å². The maximum Gasteiger partial charge on any atom is 0.163 e. The van der Waals surface area contributed by atoms with Crippen molar-refractivity contribution >= 4 is 11.3 Å². The fraction of sp³-hybridized carbons (Fsp3) is 0.286. The Morgan fingerprint density at radius 3 is 2.72 bits per heavy atom. The van der Waals surface area contributed by atoms with E-state index in [1.54, 1.807) is 17.4 Å². The number of benzene rings is 1. The molecule has 0 bridgehead atoms. The van der Waals surface area contributed by atoms with E-state index in [0.717, 1.165) is 12.5 Å². The molecule has 2 aromatic rings. The molecule has 1 N–H and O–H groups in total. The molecular weight excluding hydrogens is 252 g/mol. The van der Waals surface area contributed by atoms with E-state index in [1.807, 2.05) is 17.5 Å². The summed E-state index contributed by atoms with van der Waals surface area (Å²) < 4.78 is 26.5. The van der Waals surface area contributed by atoms with E-state index in [-0.39, 0.29) is 6.04 Å². The highest BCUT2D eigenvalue weighted by Gasteiger charge is 2.12. The lowest BCUT2D eigenvalue weighted by molar-refractivity contribution is 0.475. The fourth-order valence-corrected chi connectivity index (χ4v) is 2.74. The van der Waals surface area contributed by atoms with Crippen LogP contribution in [0.15, 0.2) is 35.7 Å². The third kappa shape index (κ3) is 2.94. The highest BCUT2D eigenvalue weighted by molar-refractivity contribution is 7.10. The minimum Gasteiger partial charge on any atom is -0.305 e. The maximum atomic E-state index is 13.5. The second-order valence-corrected chi connectivity index (χ2v) is 5.05. The van der Waals surface area contributed by atoms with Crippen LogP contribution in [0.25, 0.3) is 0 Å². The van der Waals surface area contributed by atoms with Crippen molar-refractivity contribution in [1.29, 1.82) is 0 Å². The molecule has 96 valence electrons. The zero-order valence-corrected chi connectivity index (χ0v) is 10.9. The Balaban J connectivity index is 2.04. The molecule has 18 heavy (non-hydrogen) atoms. The molecule has 1 heterocycles. The van der Waals surface area contributed by atoms with E-state index in [2.05, 4.69) is 12.2 Å². The number of hydrogen-bond donors (Lipinski definition) is 1. The summed E-state index contributed by atoms with van der Waals surface area (Å²) >= 11 is 1.67. The topological polar surface area (TPSA) is 12.0 Å². The van der Waals surface area contributed by atoms with Gasteiger partial charge in [-0.05, 0) is 23.9 Å². The smallest absolute Gasteiger partial charge is 0.163 e. The molecule has 1 atom stereocenters. The van der Waals surface area contributed by atoms with E-state index in [1.165, 1.54) is 10.9 Å². The van der Waals surface area contributed by atoms with Gasteiger partial charge in [0.25, 0.3) is 0 Å². The first kappa shape index (κ1) is 13.2. The molecule has 0 aliphatic carbocycles. The second kappa shape index (κ2) is 6.07. The van der Waals surface area contributed by atoms with Crippen LogP contribution >= 0.6 is 11.3 Å². The van der Waals surface area contributed by atoms with Crippen molar-refractivity contribution in [3.8, 4) is 0 Å². The standard InChI is InChI=1S/C14H15F2NS/c1-2-12(13-7-4-8-18-13)17-9-10-5-3-6-11(15)14(10)16/h3-8,12,17H,2,9H2,1H3. The van der Waals surface area contributed by atoms with Crippen molar-refractivity contribution < 1.29 is 8.78 Å². The molecule has 0 saturated heterocycles. The Hall–Kier alpha value is -1.26. The van der Waals surface area contributed by atoms with E-state index in [0.29, 0.717) is 12.1 Å². The van der Waals surface area contributed by atoms with E-state index >= 15 is 0 Å². The van der Waals surface area contributed by atoms with Gasteiger partial charge in [-0.3, -0.25) is 0 Å². The first-order valence-corrected chi connectivity index (χ1v) is 6.80. The summed E-state index contributed by atoms with van der Waals surface area (Å²) in [4.78, 5) is 1.22. The molecule has 0 aliphatic rings. The van der Waals surface area contributed by atoms with Crippen LogP contribution in [0.2, 0.25) is 0 Å². The molecule has 4 heteroatoms. The summed E-state index contributed by atoms with van der Waals surface area (Å²) in [6, 6.07) is 8.50. The average molecular weight is 267 g/mol. The number of nitrogens with one attached hydrogen (secondary N) is 1. The highest BCUT2D eigenvalue weighted by Crippen LogP contribution is 2.22. The molecule has 0 amide bonds. The van der Waals surface area contributed by atoms with Crippen molar-refractivity contribution in [2.75, 3.05) is 0 Å². The van der Waals surface area contributed by atoms with Crippen LogP contribution in [-0.4, -0.2) is 0 Å². The lowest BCUT2D eigenvalue weighted by atomic mass is 10.1. The lowest BCUT2D eigenvalue weighted by Crippen LogP contribution is -2.20. The van der Waals surface area contributed by atoms with Crippen molar-refractivity contribution in [3.05, 3.63) is 57.8 Å². The molecule has 0 saturated carbocycles. The van der Waals surface area contributed by atoms with Crippen LogP contribution in [0.5, 0.6) is 0 Å². The van der Waals surface area contributed by atoms with Gasteiger partial charge in [-0.25, -0.2) is 8.78 Å². The summed E-state index contributed by atoms with van der Waals surface area (Å²) in [6.07, 6.45) is 0.914. The molecule has 1 unspecified atom stereocenters. The van der Waals surface area contributed by atoms with Crippen molar-refractivity contribution in [2.24, 2.45) is 0 Å². The van der Waals surface area contributed by atoms with Crippen molar-refractivity contribution in [3.63, 3.8) is 0 Å². The first-order valence-electron chi connectivity index (χ1n) is 5.92. The monoisotopic (exact) mass is 267 g/mol. The van der Waals surface area contributed by atoms with Gasteiger partial charge in [0, 0.05) is 23.0 Å². The van der Waals surface area contributed by atoms with Crippen LogP contribution in [0.1, 0.15) is 29.8 Å². The molecule has 0 radical (unpaired) electrons. The maximum absolute atomic E-state index is 13.5. The third-order valence-electron chi connectivity index (χ3n) is 2.87. The van der Waals surface area contributed by atoms with Gasteiger partial charge in [-0.2, -0.15) is 0 Å². The zero-order valence-electron chi connectivity index (χ0n) is 10.1. The summed E-state index contributed by atoms with van der Waals surface area (Å²) in [5.41, 5.74) is 0.366. The highest BCUT2D eigenvalue weighted by atomic mass is 32.1. The Bertz CT molecular complexity index is 497. The zero-order chi connectivity index (χ0) is 13.0. The van der Waals surface area contributed by atoms with Gasteiger partial charge in [-0.1, -0.05) is 25.1 Å². The molecular formula is C14H15F2NS. The van der Waals surface area contributed by atoms with Crippen LogP contribution in [-0.2, 0) is 6.54 Å². The van der Waals surface area contributed by atoms with Gasteiger partial charge in [-0.15, -0.1) is 11.3 Å². The van der Waals surface area contributed by atoms with Gasteiger partial charge in [0.2, 0.25) is 0 Å². The van der Waals surface area contributed by atoms with Crippen molar-refractivity contribution in [1.82, 2.24) is 5.32 Å². The van der Waals surface area contributed by atoms with Crippen molar-refractivity contribution in [2.45, 2.75) is 25.9 Å². The predicted octanol–water partition coefficient (Wildman–Crippen LogP) is 4.27. The Kier molecular flexibility index (Phi) is 4.44. The SMILES string of the molecule is CCC(NCc1cccc(F)c1F)c1cccs1. The number of halogens is 2. The number of hydrogen-bond acceptors (Lipinski definition) is 2. The summed E-state index contributed by atoms with van der Waals surface area (Å²) in [5, 5.41) is 5.28. The van der Waals surface area contributed by atoms with Gasteiger partial charge in [0.05, 0.1) is 0 Å². The summed E-state index contributed by atoms with van der Waals surface area (Å²) in [6.45, 7) is 2.40. The molecule has 1 aromatic carbocycles. The second-order valence-electron chi connectivity index (χ2n) is 4.07. The van der Waals surface area contributed by atoms with Crippen LogP contribution in [0, 0.1) is 11.6 Å².